The lowest BCUT2D eigenvalue weighted by Crippen LogP contribution is -2.34. The molecule has 1 saturated heterocycles. The molecule has 0 amide bonds. The van der Waals surface area contributed by atoms with E-state index in [-0.39, 0.29) is 0 Å². The summed E-state index contributed by atoms with van der Waals surface area (Å²) >= 11 is 0. The van der Waals surface area contributed by atoms with Gasteiger partial charge in [-0.3, -0.25) is 0 Å². The molecule has 120 valence electrons. The Morgan fingerprint density at radius 1 is 1.36 bits per heavy atom. The van der Waals surface area contributed by atoms with E-state index in [0.29, 0.717) is 12.0 Å². The lowest BCUT2D eigenvalue weighted by Gasteiger charge is -2.29. The summed E-state index contributed by atoms with van der Waals surface area (Å²) in [6.07, 6.45) is 3.92. The average molecular weight is 302 g/mol. The number of aromatic nitrogens is 3. The van der Waals surface area contributed by atoms with Crippen LogP contribution in [0, 0.1) is 6.92 Å². The van der Waals surface area contributed by atoms with Gasteiger partial charge in [0.05, 0.1) is 11.8 Å². The van der Waals surface area contributed by atoms with Gasteiger partial charge in [0.2, 0.25) is 0 Å². The summed E-state index contributed by atoms with van der Waals surface area (Å²) in [5.41, 5.74) is 3.03. The average Bonchev–Trinajstić information content (AvgIpc) is 2.87. The first-order chi connectivity index (χ1) is 10.5. The number of hydrogen-bond donors (Lipinski definition) is 0. The molecule has 0 bridgehead atoms. The number of nitrogens with zero attached hydrogens (tertiary/aromatic N) is 4. The van der Waals surface area contributed by atoms with E-state index in [2.05, 4.69) is 37.0 Å². The van der Waals surface area contributed by atoms with Gasteiger partial charge in [0.1, 0.15) is 5.82 Å². The maximum absolute atomic E-state index is 5.88. The highest BCUT2D eigenvalue weighted by atomic mass is 16.5. The molecule has 0 spiro atoms. The third-order valence-corrected chi connectivity index (χ3v) is 4.28. The second-order valence-corrected chi connectivity index (χ2v) is 6.62. The molecular formula is C17H26N4O. The smallest absolute Gasteiger partial charge is 0.157 e. The van der Waals surface area contributed by atoms with Crippen LogP contribution in [0.2, 0.25) is 0 Å². The van der Waals surface area contributed by atoms with Crippen LogP contribution in [0.1, 0.15) is 50.4 Å². The number of anilines is 1. The lowest BCUT2D eigenvalue weighted by atomic mass is 10.1. The molecule has 1 aliphatic heterocycles. The fraction of sp³-hybridized carbons (Fsp3) is 0.647. The van der Waals surface area contributed by atoms with E-state index in [9.17, 15) is 0 Å². The zero-order valence-electron chi connectivity index (χ0n) is 14.0. The van der Waals surface area contributed by atoms with Crippen LogP contribution < -0.4 is 4.90 Å². The van der Waals surface area contributed by atoms with Crippen molar-refractivity contribution in [2.45, 2.75) is 52.1 Å². The SMILES string of the molecule is Cc1cc2nc(C(C)C)cc(N(C)CC3CCCCO3)n2n1. The summed E-state index contributed by atoms with van der Waals surface area (Å²) in [5, 5.41) is 4.60. The van der Waals surface area contributed by atoms with E-state index >= 15 is 0 Å². The molecule has 0 aromatic carbocycles. The molecule has 1 unspecified atom stereocenters. The van der Waals surface area contributed by atoms with Gasteiger partial charge in [-0.1, -0.05) is 13.8 Å². The quantitative estimate of drug-likeness (QED) is 0.870. The summed E-state index contributed by atoms with van der Waals surface area (Å²) in [5.74, 6) is 1.49. The number of likely N-dealkylation sites (N-methyl/N-ethyl adjacent to an activating group) is 1. The fourth-order valence-corrected chi connectivity index (χ4v) is 3.01. The Balaban J connectivity index is 1.92. The van der Waals surface area contributed by atoms with Crippen molar-refractivity contribution in [1.29, 1.82) is 0 Å². The van der Waals surface area contributed by atoms with Gasteiger partial charge in [0, 0.05) is 38.0 Å². The number of fused-ring (bicyclic) bond motifs is 1. The van der Waals surface area contributed by atoms with Crippen LogP contribution in [0.5, 0.6) is 0 Å². The molecule has 2 aromatic heterocycles. The largest absolute Gasteiger partial charge is 0.376 e. The number of hydrogen-bond acceptors (Lipinski definition) is 4. The minimum Gasteiger partial charge on any atom is -0.376 e. The lowest BCUT2D eigenvalue weighted by molar-refractivity contribution is 0.0215. The molecule has 0 N–H and O–H groups in total. The second kappa shape index (κ2) is 6.24. The van der Waals surface area contributed by atoms with Crippen LogP contribution in [-0.4, -0.2) is 40.9 Å². The third kappa shape index (κ3) is 3.09. The summed E-state index contributed by atoms with van der Waals surface area (Å²) < 4.78 is 7.83. The van der Waals surface area contributed by atoms with Crippen molar-refractivity contribution in [3.05, 3.63) is 23.5 Å². The van der Waals surface area contributed by atoms with Crippen molar-refractivity contribution in [2.24, 2.45) is 0 Å². The van der Waals surface area contributed by atoms with E-state index in [0.717, 1.165) is 42.4 Å². The Morgan fingerprint density at radius 2 is 2.18 bits per heavy atom. The molecule has 2 aromatic rings. The highest BCUT2D eigenvalue weighted by Gasteiger charge is 2.19. The Bertz CT molecular complexity index is 643. The van der Waals surface area contributed by atoms with Crippen LogP contribution in [0.15, 0.2) is 12.1 Å². The van der Waals surface area contributed by atoms with Crippen LogP contribution in [-0.2, 0) is 4.74 Å². The molecule has 0 aliphatic carbocycles. The van der Waals surface area contributed by atoms with Gasteiger partial charge in [-0.05, 0) is 32.1 Å². The number of aryl methyl sites for hydroxylation is 1. The van der Waals surface area contributed by atoms with E-state index < -0.39 is 0 Å². The number of rotatable bonds is 4. The highest BCUT2D eigenvalue weighted by Crippen LogP contribution is 2.23. The van der Waals surface area contributed by atoms with Crippen molar-refractivity contribution in [1.82, 2.24) is 14.6 Å². The standard InChI is InChI=1S/C17H26N4O/c1-12(2)15-10-17(21-16(18-15)9-13(3)19-21)20(4)11-14-7-5-6-8-22-14/h9-10,12,14H,5-8,11H2,1-4H3. The van der Waals surface area contributed by atoms with Crippen molar-refractivity contribution >= 4 is 11.5 Å². The Labute approximate surface area is 132 Å². The van der Waals surface area contributed by atoms with Gasteiger partial charge in [-0.25, -0.2) is 4.98 Å². The number of ether oxygens (including phenoxy) is 1. The summed E-state index contributed by atoms with van der Waals surface area (Å²) in [6.45, 7) is 8.15. The van der Waals surface area contributed by atoms with E-state index in [1.807, 2.05) is 17.5 Å². The Morgan fingerprint density at radius 3 is 2.86 bits per heavy atom. The molecular weight excluding hydrogens is 276 g/mol. The van der Waals surface area contributed by atoms with Crippen LogP contribution >= 0.6 is 0 Å². The van der Waals surface area contributed by atoms with Crippen molar-refractivity contribution in [3.63, 3.8) is 0 Å². The topological polar surface area (TPSA) is 42.7 Å². The monoisotopic (exact) mass is 302 g/mol. The molecule has 0 saturated carbocycles. The zero-order valence-corrected chi connectivity index (χ0v) is 14.0. The predicted octanol–water partition coefficient (Wildman–Crippen LogP) is 3.17. The molecule has 1 fully saturated rings. The van der Waals surface area contributed by atoms with Crippen molar-refractivity contribution in [3.8, 4) is 0 Å². The Kier molecular flexibility index (Phi) is 4.34. The summed E-state index contributed by atoms with van der Waals surface area (Å²) in [6, 6.07) is 4.20. The molecule has 3 rings (SSSR count). The first-order valence-electron chi connectivity index (χ1n) is 8.24. The fourth-order valence-electron chi connectivity index (χ4n) is 3.01. The molecule has 0 radical (unpaired) electrons. The molecule has 3 heterocycles. The van der Waals surface area contributed by atoms with E-state index in [1.54, 1.807) is 0 Å². The molecule has 1 aliphatic rings. The van der Waals surface area contributed by atoms with Gasteiger partial charge in [0.25, 0.3) is 0 Å². The van der Waals surface area contributed by atoms with Crippen LogP contribution in [0.25, 0.3) is 5.65 Å². The minimum absolute atomic E-state index is 0.320. The third-order valence-electron chi connectivity index (χ3n) is 4.28. The first-order valence-corrected chi connectivity index (χ1v) is 8.24. The van der Waals surface area contributed by atoms with Crippen LogP contribution in [0.4, 0.5) is 5.82 Å². The van der Waals surface area contributed by atoms with E-state index in [4.69, 9.17) is 9.72 Å². The zero-order chi connectivity index (χ0) is 15.7. The van der Waals surface area contributed by atoms with Gasteiger partial charge in [0.15, 0.2) is 5.65 Å². The normalized spacial score (nSPS) is 19.0. The molecule has 5 heteroatoms. The Hall–Kier alpha value is -1.62. The van der Waals surface area contributed by atoms with Gasteiger partial charge >= 0.3 is 0 Å². The molecule has 5 nitrogen and oxygen atoms in total. The van der Waals surface area contributed by atoms with Gasteiger partial charge in [-0.15, -0.1) is 0 Å². The highest BCUT2D eigenvalue weighted by molar-refractivity contribution is 5.52. The van der Waals surface area contributed by atoms with Crippen molar-refractivity contribution in [2.75, 3.05) is 25.1 Å². The van der Waals surface area contributed by atoms with Gasteiger partial charge in [-0.2, -0.15) is 9.61 Å². The van der Waals surface area contributed by atoms with Crippen LogP contribution in [0.3, 0.4) is 0 Å². The summed E-state index contributed by atoms with van der Waals surface area (Å²) in [4.78, 5) is 6.98. The second-order valence-electron chi connectivity index (χ2n) is 6.62. The maximum Gasteiger partial charge on any atom is 0.157 e. The van der Waals surface area contributed by atoms with Crippen molar-refractivity contribution < 1.29 is 4.74 Å². The first kappa shape index (κ1) is 15.3. The van der Waals surface area contributed by atoms with Gasteiger partial charge < -0.3 is 9.64 Å². The molecule has 1 atom stereocenters. The molecule has 22 heavy (non-hydrogen) atoms. The maximum atomic E-state index is 5.88. The van der Waals surface area contributed by atoms with E-state index in [1.165, 1.54) is 12.8 Å². The predicted molar refractivity (Wildman–Crippen MR) is 88.7 cm³/mol. The summed E-state index contributed by atoms with van der Waals surface area (Å²) in [7, 11) is 2.12. The minimum atomic E-state index is 0.320.